The van der Waals surface area contributed by atoms with Gasteiger partial charge in [0.05, 0.1) is 42.5 Å². The molecule has 172 valence electrons. The van der Waals surface area contributed by atoms with E-state index in [1.54, 1.807) is 13.4 Å². The molecular formula is C28H28N4O2. The summed E-state index contributed by atoms with van der Waals surface area (Å²) in [6.45, 7) is 1.95. The zero-order chi connectivity index (χ0) is 23.7. The highest BCUT2D eigenvalue weighted by atomic mass is 16.5. The van der Waals surface area contributed by atoms with Crippen molar-refractivity contribution in [2.24, 2.45) is 0 Å². The Labute approximate surface area is 200 Å². The molecule has 2 unspecified atom stereocenters. The van der Waals surface area contributed by atoms with E-state index in [0.29, 0.717) is 5.56 Å². The van der Waals surface area contributed by atoms with Gasteiger partial charge in [-0.05, 0) is 80.5 Å². The van der Waals surface area contributed by atoms with Crippen LogP contribution in [0.3, 0.4) is 0 Å². The third kappa shape index (κ3) is 4.10. The van der Waals surface area contributed by atoms with Crippen LogP contribution in [0.2, 0.25) is 0 Å². The Bertz CT molecular complexity index is 1280. The topological polar surface area (TPSA) is 71.2 Å². The van der Waals surface area contributed by atoms with E-state index in [9.17, 15) is 4.79 Å². The van der Waals surface area contributed by atoms with Crippen LogP contribution < -0.4 is 4.74 Å². The van der Waals surface area contributed by atoms with Crippen LogP contribution in [-0.4, -0.2) is 33.5 Å². The van der Waals surface area contributed by atoms with E-state index in [2.05, 4.69) is 16.0 Å². The SMILES string of the molecule is COc1cc(/C=C2\CCC3CCCC(c4ccc(C#N)cc4)N3C2=O)ccc1-n1cnc(C)c1. The first-order valence-corrected chi connectivity index (χ1v) is 11.8. The summed E-state index contributed by atoms with van der Waals surface area (Å²) >= 11 is 0. The molecule has 6 heteroatoms. The quantitative estimate of drug-likeness (QED) is 0.500. The molecule has 2 atom stereocenters. The van der Waals surface area contributed by atoms with Crippen LogP contribution in [0.25, 0.3) is 11.8 Å². The number of aryl methyl sites for hydroxylation is 1. The molecule has 2 aromatic carbocycles. The van der Waals surface area contributed by atoms with E-state index < -0.39 is 0 Å². The molecule has 2 fully saturated rings. The van der Waals surface area contributed by atoms with Crippen molar-refractivity contribution in [3.05, 3.63) is 82.9 Å². The van der Waals surface area contributed by atoms with Gasteiger partial charge < -0.3 is 14.2 Å². The molecule has 0 radical (unpaired) electrons. The first-order chi connectivity index (χ1) is 16.6. The Hall–Kier alpha value is -3.85. The molecule has 1 amide bonds. The molecule has 2 aliphatic rings. The number of nitrogens with zero attached hydrogens (tertiary/aromatic N) is 4. The van der Waals surface area contributed by atoms with E-state index in [1.165, 1.54) is 0 Å². The molecule has 2 aliphatic heterocycles. The van der Waals surface area contributed by atoms with Crippen LogP contribution >= 0.6 is 0 Å². The fourth-order valence-electron chi connectivity index (χ4n) is 5.26. The maximum atomic E-state index is 13.7. The van der Waals surface area contributed by atoms with Gasteiger partial charge in [-0.15, -0.1) is 0 Å². The van der Waals surface area contributed by atoms with Crippen molar-refractivity contribution >= 4 is 12.0 Å². The van der Waals surface area contributed by atoms with Crippen LogP contribution in [0.4, 0.5) is 0 Å². The summed E-state index contributed by atoms with van der Waals surface area (Å²) in [5.74, 6) is 0.861. The van der Waals surface area contributed by atoms with Crippen molar-refractivity contribution in [1.29, 1.82) is 5.26 Å². The fraction of sp³-hybridized carbons (Fsp3) is 0.321. The van der Waals surface area contributed by atoms with Gasteiger partial charge >= 0.3 is 0 Å². The molecular weight excluding hydrogens is 424 g/mol. The van der Waals surface area contributed by atoms with E-state index in [4.69, 9.17) is 10.00 Å². The molecule has 6 nitrogen and oxygen atoms in total. The highest BCUT2D eigenvalue weighted by Crippen LogP contribution is 2.41. The summed E-state index contributed by atoms with van der Waals surface area (Å²) in [6.07, 6.45) is 10.6. The summed E-state index contributed by atoms with van der Waals surface area (Å²) in [6, 6.07) is 16.2. The molecule has 2 saturated heterocycles. The normalized spacial score (nSPS) is 21.3. The molecule has 34 heavy (non-hydrogen) atoms. The number of imidazole rings is 1. The summed E-state index contributed by atoms with van der Waals surface area (Å²) in [7, 11) is 1.66. The molecule has 3 aromatic rings. The number of aromatic nitrogens is 2. The molecule has 0 N–H and O–H groups in total. The van der Waals surface area contributed by atoms with Gasteiger partial charge in [0.15, 0.2) is 0 Å². The van der Waals surface area contributed by atoms with E-state index in [1.807, 2.05) is 66.2 Å². The monoisotopic (exact) mass is 452 g/mol. The van der Waals surface area contributed by atoms with Crippen LogP contribution in [0, 0.1) is 18.3 Å². The van der Waals surface area contributed by atoms with E-state index in [-0.39, 0.29) is 18.0 Å². The van der Waals surface area contributed by atoms with Crippen LogP contribution in [0.1, 0.15) is 60.5 Å². The average molecular weight is 453 g/mol. The number of carbonyl (C=O) groups excluding carboxylic acids is 1. The molecule has 0 spiro atoms. The highest BCUT2D eigenvalue weighted by Gasteiger charge is 2.39. The first-order valence-electron chi connectivity index (χ1n) is 11.8. The number of nitriles is 1. The molecule has 5 rings (SSSR count). The third-order valence-electron chi connectivity index (χ3n) is 6.96. The summed E-state index contributed by atoms with van der Waals surface area (Å²) in [4.78, 5) is 20.1. The van der Waals surface area contributed by atoms with Crippen molar-refractivity contribution in [1.82, 2.24) is 14.5 Å². The number of hydrogen-bond acceptors (Lipinski definition) is 4. The number of benzene rings is 2. The Morgan fingerprint density at radius 2 is 1.97 bits per heavy atom. The number of amides is 1. The zero-order valence-electron chi connectivity index (χ0n) is 19.6. The van der Waals surface area contributed by atoms with Gasteiger partial charge in [0, 0.05) is 17.8 Å². The van der Waals surface area contributed by atoms with Crippen LogP contribution in [-0.2, 0) is 4.79 Å². The van der Waals surface area contributed by atoms with Crippen molar-refractivity contribution in [3.63, 3.8) is 0 Å². The van der Waals surface area contributed by atoms with Gasteiger partial charge in [-0.1, -0.05) is 18.2 Å². The molecule has 1 aromatic heterocycles. The van der Waals surface area contributed by atoms with E-state index in [0.717, 1.165) is 65.9 Å². The average Bonchev–Trinajstić information content (AvgIpc) is 3.31. The molecule has 0 bridgehead atoms. The number of carbonyl (C=O) groups is 1. The number of ether oxygens (including phenoxy) is 1. The third-order valence-corrected chi connectivity index (χ3v) is 6.96. The van der Waals surface area contributed by atoms with Crippen LogP contribution in [0.15, 0.2) is 60.6 Å². The standard InChI is InChI=1S/C28H28N4O2/c1-19-17-31(18-30-19)26-13-8-21(15-27(26)34-2)14-23-11-12-24-4-3-5-25(32(24)28(23)33)22-9-6-20(16-29)7-10-22/h6-10,13-15,17-18,24-25H,3-5,11-12H2,1-2H3/b23-14+. The Kier molecular flexibility index (Phi) is 5.93. The summed E-state index contributed by atoms with van der Waals surface area (Å²) < 4.78 is 7.59. The minimum atomic E-state index is 0.0593. The van der Waals surface area contributed by atoms with Crippen LogP contribution in [0.5, 0.6) is 5.75 Å². The largest absolute Gasteiger partial charge is 0.495 e. The molecule has 0 saturated carbocycles. The predicted molar refractivity (Wildman–Crippen MR) is 130 cm³/mol. The van der Waals surface area contributed by atoms with Crippen molar-refractivity contribution in [2.45, 2.75) is 51.1 Å². The minimum absolute atomic E-state index is 0.0593. The Balaban J connectivity index is 1.44. The number of piperidine rings is 2. The lowest BCUT2D eigenvalue weighted by Crippen LogP contribution is -2.49. The van der Waals surface area contributed by atoms with Gasteiger partial charge in [-0.25, -0.2) is 4.98 Å². The van der Waals surface area contributed by atoms with Gasteiger partial charge in [-0.2, -0.15) is 5.26 Å². The van der Waals surface area contributed by atoms with Crippen molar-refractivity contribution in [3.8, 4) is 17.5 Å². The maximum Gasteiger partial charge on any atom is 0.250 e. The van der Waals surface area contributed by atoms with E-state index >= 15 is 0 Å². The number of rotatable bonds is 4. The second-order valence-electron chi connectivity index (χ2n) is 9.11. The second-order valence-corrected chi connectivity index (χ2v) is 9.11. The molecule has 0 aliphatic carbocycles. The summed E-state index contributed by atoms with van der Waals surface area (Å²) in [5, 5.41) is 9.13. The summed E-state index contributed by atoms with van der Waals surface area (Å²) in [5.41, 5.74) is 5.40. The van der Waals surface area contributed by atoms with Gasteiger partial charge in [0.2, 0.25) is 0 Å². The lowest BCUT2D eigenvalue weighted by molar-refractivity contribution is -0.136. The Morgan fingerprint density at radius 3 is 2.68 bits per heavy atom. The number of fused-ring (bicyclic) bond motifs is 1. The van der Waals surface area contributed by atoms with Crippen molar-refractivity contribution in [2.75, 3.05) is 7.11 Å². The minimum Gasteiger partial charge on any atom is -0.495 e. The number of hydrogen-bond donors (Lipinski definition) is 0. The zero-order valence-corrected chi connectivity index (χ0v) is 19.6. The Morgan fingerprint density at radius 1 is 1.15 bits per heavy atom. The van der Waals surface area contributed by atoms with Gasteiger partial charge in [0.1, 0.15) is 5.75 Å². The maximum absolute atomic E-state index is 13.7. The highest BCUT2D eigenvalue weighted by molar-refractivity contribution is 5.99. The smallest absolute Gasteiger partial charge is 0.250 e. The fourth-order valence-corrected chi connectivity index (χ4v) is 5.26. The lowest BCUT2D eigenvalue weighted by Gasteiger charge is -2.46. The van der Waals surface area contributed by atoms with Gasteiger partial charge in [-0.3, -0.25) is 4.79 Å². The second kappa shape index (κ2) is 9.18. The molecule has 3 heterocycles. The predicted octanol–water partition coefficient (Wildman–Crippen LogP) is 5.36. The van der Waals surface area contributed by atoms with Gasteiger partial charge in [0.25, 0.3) is 5.91 Å². The number of methoxy groups -OCH3 is 1. The lowest BCUT2D eigenvalue weighted by atomic mass is 9.83. The first kappa shape index (κ1) is 22.0. The van der Waals surface area contributed by atoms with Crippen molar-refractivity contribution < 1.29 is 9.53 Å².